The molecular formula is C12H16FNO4S. The summed E-state index contributed by atoms with van der Waals surface area (Å²) in [4.78, 5) is 10.4. The van der Waals surface area contributed by atoms with Gasteiger partial charge in [0, 0.05) is 0 Å². The second-order valence-corrected chi connectivity index (χ2v) is 5.84. The summed E-state index contributed by atoms with van der Waals surface area (Å²) in [6.07, 6.45) is 0.637. The first-order valence-electron chi connectivity index (χ1n) is 5.80. The van der Waals surface area contributed by atoms with E-state index >= 15 is 0 Å². The zero-order valence-corrected chi connectivity index (χ0v) is 11.5. The van der Waals surface area contributed by atoms with Gasteiger partial charge in [-0.15, -0.1) is 0 Å². The lowest BCUT2D eigenvalue weighted by Crippen LogP contribution is -2.41. The molecule has 1 rings (SSSR count). The molecule has 0 aliphatic rings. The maximum Gasteiger partial charge on any atom is 0.321 e. The molecule has 0 aromatic heterocycles. The first kappa shape index (κ1) is 15.6. The first-order chi connectivity index (χ1) is 8.79. The van der Waals surface area contributed by atoms with Crippen LogP contribution in [0, 0.1) is 12.7 Å². The van der Waals surface area contributed by atoms with Gasteiger partial charge in [0.15, 0.2) is 0 Å². The Bertz CT molecular complexity index is 551. The van der Waals surface area contributed by atoms with Crippen LogP contribution in [0.3, 0.4) is 0 Å². The van der Waals surface area contributed by atoms with Crippen LogP contribution in [0.15, 0.2) is 23.1 Å². The van der Waals surface area contributed by atoms with E-state index in [0.717, 1.165) is 6.07 Å². The number of aliphatic carboxylic acids is 1. The van der Waals surface area contributed by atoms with E-state index in [1.54, 1.807) is 6.92 Å². The number of carboxylic acids is 1. The van der Waals surface area contributed by atoms with Crippen molar-refractivity contribution >= 4 is 16.0 Å². The molecule has 0 radical (unpaired) electrons. The molecule has 1 aromatic rings. The molecule has 0 spiro atoms. The van der Waals surface area contributed by atoms with Crippen LogP contribution in [0.2, 0.25) is 0 Å². The van der Waals surface area contributed by atoms with Gasteiger partial charge in [0.05, 0.1) is 0 Å². The number of halogens is 1. The number of nitrogens with one attached hydrogen (secondary N) is 1. The molecule has 7 heteroatoms. The van der Waals surface area contributed by atoms with Crippen LogP contribution in [0.4, 0.5) is 4.39 Å². The van der Waals surface area contributed by atoms with Crippen molar-refractivity contribution in [2.24, 2.45) is 0 Å². The van der Waals surface area contributed by atoms with Crippen molar-refractivity contribution in [3.63, 3.8) is 0 Å². The summed E-state index contributed by atoms with van der Waals surface area (Å²) >= 11 is 0. The van der Waals surface area contributed by atoms with E-state index in [-0.39, 0.29) is 12.0 Å². The lowest BCUT2D eigenvalue weighted by molar-refractivity contribution is -0.139. The monoisotopic (exact) mass is 289 g/mol. The van der Waals surface area contributed by atoms with Gasteiger partial charge in [-0.3, -0.25) is 4.79 Å². The Hall–Kier alpha value is -1.47. The second-order valence-electron chi connectivity index (χ2n) is 4.19. The molecule has 0 heterocycles. The van der Waals surface area contributed by atoms with E-state index in [9.17, 15) is 17.6 Å². The van der Waals surface area contributed by atoms with E-state index in [0.29, 0.717) is 6.42 Å². The van der Waals surface area contributed by atoms with E-state index < -0.39 is 32.7 Å². The molecule has 1 atom stereocenters. The van der Waals surface area contributed by atoms with Crippen molar-refractivity contribution in [2.75, 3.05) is 0 Å². The Morgan fingerprint density at radius 2 is 2.11 bits per heavy atom. The number of hydrogen-bond donors (Lipinski definition) is 2. The quantitative estimate of drug-likeness (QED) is 0.834. The molecule has 1 aromatic carbocycles. The predicted octanol–water partition coefficient (Wildman–Crippen LogP) is 1.67. The first-order valence-corrected chi connectivity index (χ1v) is 7.28. The fourth-order valence-corrected chi connectivity index (χ4v) is 3.25. The summed E-state index contributed by atoms with van der Waals surface area (Å²) in [7, 11) is -4.19. The standard InChI is InChI=1S/C12H16FNO4S/c1-3-5-10(12(15)16)14-19(17,18)11-8(2)6-4-7-9(11)13/h4,6-7,10,14H,3,5H2,1-2H3,(H,15,16). The molecule has 0 amide bonds. The molecule has 0 aliphatic heterocycles. The van der Waals surface area contributed by atoms with Crippen molar-refractivity contribution < 1.29 is 22.7 Å². The van der Waals surface area contributed by atoms with Gasteiger partial charge in [0.2, 0.25) is 10.0 Å². The third kappa shape index (κ3) is 3.74. The van der Waals surface area contributed by atoms with Gasteiger partial charge < -0.3 is 5.11 Å². The van der Waals surface area contributed by atoms with Gasteiger partial charge in [-0.2, -0.15) is 4.72 Å². The summed E-state index contributed by atoms with van der Waals surface area (Å²) in [5, 5.41) is 8.93. The lowest BCUT2D eigenvalue weighted by atomic mass is 10.2. The minimum absolute atomic E-state index is 0.141. The van der Waals surface area contributed by atoms with Crippen LogP contribution in [-0.2, 0) is 14.8 Å². The third-order valence-electron chi connectivity index (χ3n) is 2.61. The average molecular weight is 289 g/mol. The molecule has 5 nitrogen and oxygen atoms in total. The maximum atomic E-state index is 13.6. The molecule has 1 unspecified atom stereocenters. The number of carbonyl (C=O) groups is 1. The van der Waals surface area contributed by atoms with Crippen molar-refractivity contribution in [1.82, 2.24) is 4.72 Å². The summed E-state index contributed by atoms with van der Waals surface area (Å²) in [6, 6.07) is 2.61. The van der Waals surface area contributed by atoms with Crippen LogP contribution in [0.25, 0.3) is 0 Å². The highest BCUT2D eigenvalue weighted by Crippen LogP contribution is 2.19. The van der Waals surface area contributed by atoms with Crippen molar-refractivity contribution in [2.45, 2.75) is 37.6 Å². The number of sulfonamides is 1. The second kappa shape index (κ2) is 6.12. The summed E-state index contributed by atoms with van der Waals surface area (Å²) < 4.78 is 39.7. The van der Waals surface area contributed by atoms with Crippen LogP contribution >= 0.6 is 0 Å². The summed E-state index contributed by atoms with van der Waals surface area (Å²) in [5.41, 5.74) is 0.230. The van der Waals surface area contributed by atoms with E-state index in [2.05, 4.69) is 0 Å². The molecule has 2 N–H and O–H groups in total. The maximum absolute atomic E-state index is 13.6. The van der Waals surface area contributed by atoms with Crippen LogP contribution < -0.4 is 4.72 Å². The lowest BCUT2D eigenvalue weighted by Gasteiger charge is -2.15. The highest BCUT2D eigenvalue weighted by atomic mass is 32.2. The SMILES string of the molecule is CCCC(NS(=O)(=O)c1c(C)cccc1F)C(=O)O. The Balaban J connectivity index is 3.14. The van der Waals surface area contributed by atoms with Crippen molar-refractivity contribution in [1.29, 1.82) is 0 Å². The molecule has 0 saturated carbocycles. The minimum atomic E-state index is -4.19. The van der Waals surface area contributed by atoms with Crippen molar-refractivity contribution in [3.8, 4) is 0 Å². The van der Waals surface area contributed by atoms with Gasteiger partial charge in [-0.1, -0.05) is 25.5 Å². The molecule has 0 bridgehead atoms. The predicted molar refractivity (Wildman–Crippen MR) is 67.8 cm³/mol. The van der Waals surface area contributed by atoms with Gasteiger partial charge in [-0.05, 0) is 25.0 Å². The normalized spacial score (nSPS) is 13.2. The third-order valence-corrected chi connectivity index (χ3v) is 4.25. The van der Waals surface area contributed by atoms with E-state index in [1.807, 2.05) is 4.72 Å². The minimum Gasteiger partial charge on any atom is -0.480 e. The van der Waals surface area contributed by atoms with Gasteiger partial charge in [-0.25, -0.2) is 12.8 Å². The van der Waals surface area contributed by atoms with Crippen LogP contribution in [0.5, 0.6) is 0 Å². The Morgan fingerprint density at radius 3 is 2.58 bits per heavy atom. The number of rotatable bonds is 6. The van der Waals surface area contributed by atoms with E-state index in [1.165, 1.54) is 19.1 Å². The highest BCUT2D eigenvalue weighted by molar-refractivity contribution is 7.89. The zero-order chi connectivity index (χ0) is 14.6. The van der Waals surface area contributed by atoms with Gasteiger partial charge >= 0.3 is 5.97 Å². The Kier molecular flexibility index (Phi) is 5.02. The summed E-state index contributed by atoms with van der Waals surface area (Å²) in [6.45, 7) is 3.19. The fourth-order valence-electron chi connectivity index (χ4n) is 1.72. The largest absolute Gasteiger partial charge is 0.480 e. The molecule has 106 valence electrons. The number of carboxylic acid groups (broad SMARTS) is 1. The zero-order valence-electron chi connectivity index (χ0n) is 10.7. The number of aryl methyl sites for hydroxylation is 1. The molecule has 0 fully saturated rings. The van der Waals surface area contributed by atoms with Crippen molar-refractivity contribution in [3.05, 3.63) is 29.6 Å². The molecule has 0 aliphatic carbocycles. The van der Waals surface area contributed by atoms with Crippen LogP contribution in [-0.4, -0.2) is 25.5 Å². The highest BCUT2D eigenvalue weighted by Gasteiger charge is 2.27. The van der Waals surface area contributed by atoms with Gasteiger partial charge in [0.1, 0.15) is 16.8 Å². The van der Waals surface area contributed by atoms with E-state index in [4.69, 9.17) is 5.11 Å². The Morgan fingerprint density at radius 1 is 1.47 bits per heavy atom. The average Bonchev–Trinajstić information content (AvgIpc) is 2.27. The fraction of sp³-hybridized carbons (Fsp3) is 0.417. The molecule has 19 heavy (non-hydrogen) atoms. The smallest absolute Gasteiger partial charge is 0.321 e. The van der Waals surface area contributed by atoms with Crippen LogP contribution in [0.1, 0.15) is 25.3 Å². The Labute approximate surface area is 111 Å². The molecular weight excluding hydrogens is 273 g/mol. The number of benzene rings is 1. The number of hydrogen-bond acceptors (Lipinski definition) is 3. The molecule has 0 saturated heterocycles. The topological polar surface area (TPSA) is 83.5 Å². The van der Waals surface area contributed by atoms with Gasteiger partial charge in [0.25, 0.3) is 0 Å². The summed E-state index contributed by atoms with van der Waals surface area (Å²) in [5.74, 6) is -2.17.